The number of hydrogen-bond acceptors (Lipinski definition) is 4. The summed E-state index contributed by atoms with van der Waals surface area (Å²) in [7, 11) is 2.12. The first-order chi connectivity index (χ1) is 15.5. The first-order valence-electron chi connectivity index (χ1n) is 11.4. The van der Waals surface area contributed by atoms with Crippen molar-refractivity contribution in [3.63, 3.8) is 0 Å². The monoisotopic (exact) mass is 438 g/mol. The lowest BCUT2D eigenvalue weighted by atomic mass is 9.95. The SMILES string of the molecule is CN1CCCc2cc([C@H](CNC(=O)C(=O)Nc3ccccc3F)N3CCCCC3)ccc21. The molecule has 1 fully saturated rings. The predicted octanol–water partition coefficient (Wildman–Crippen LogP) is 3.49. The summed E-state index contributed by atoms with van der Waals surface area (Å²) in [6.45, 7) is 3.34. The number of halogens is 1. The summed E-state index contributed by atoms with van der Waals surface area (Å²) < 4.78 is 13.8. The van der Waals surface area contributed by atoms with Crippen molar-refractivity contribution in [2.75, 3.05) is 43.4 Å². The number of piperidine rings is 1. The molecule has 170 valence electrons. The van der Waals surface area contributed by atoms with Crippen molar-refractivity contribution in [2.24, 2.45) is 0 Å². The van der Waals surface area contributed by atoms with Crippen molar-refractivity contribution < 1.29 is 14.0 Å². The zero-order valence-corrected chi connectivity index (χ0v) is 18.6. The van der Waals surface area contributed by atoms with Gasteiger partial charge in [0.2, 0.25) is 0 Å². The van der Waals surface area contributed by atoms with Gasteiger partial charge in [0.25, 0.3) is 0 Å². The molecule has 0 aliphatic carbocycles. The van der Waals surface area contributed by atoms with E-state index in [2.05, 4.69) is 45.7 Å². The van der Waals surface area contributed by atoms with Crippen LogP contribution in [0.3, 0.4) is 0 Å². The highest BCUT2D eigenvalue weighted by atomic mass is 19.1. The Morgan fingerprint density at radius 1 is 1.00 bits per heavy atom. The molecule has 2 aromatic carbocycles. The van der Waals surface area contributed by atoms with Crippen molar-refractivity contribution >= 4 is 23.2 Å². The van der Waals surface area contributed by atoms with E-state index in [-0.39, 0.29) is 11.7 Å². The van der Waals surface area contributed by atoms with Gasteiger partial charge in [0.15, 0.2) is 0 Å². The fourth-order valence-corrected chi connectivity index (χ4v) is 4.71. The standard InChI is InChI=1S/C25H31FN4O2/c1-29-13-7-8-18-16-19(11-12-22(18)29)23(30-14-5-2-6-15-30)17-27-24(31)25(32)28-21-10-4-3-9-20(21)26/h3-4,9-12,16,23H,2,5-8,13-15,17H2,1H3,(H,27,31)(H,28,32)/t23-/m0/s1. The summed E-state index contributed by atoms with van der Waals surface area (Å²) >= 11 is 0. The zero-order chi connectivity index (χ0) is 22.5. The van der Waals surface area contributed by atoms with E-state index in [9.17, 15) is 14.0 Å². The molecule has 0 unspecified atom stereocenters. The van der Waals surface area contributed by atoms with Crippen LogP contribution < -0.4 is 15.5 Å². The third kappa shape index (κ3) is 5.10. The molecular formula is C25H31FN4O2. The maximum Gasteiger partial charge on any atom is 0.313 e. The third-order valence-electron chi connectivity index (χ3n) is 6.45. The molecule has 4 rings (SSSR count). The maximum atomic E-state index is 13.8. The van der Waals surface area contributed by atoms with E-state index in [1.54, 1.807) is 6.07 Å². The van der Waals surface area contributed by atoms with E-state index < -0.39 is 17.6 Å². The van der Waals surface area contributed by atoms with Gasteiger partial charge in [0, 0.05) is 25.8 Å². The lowest BCUT2D eigenvalue weighted by Gasteiger charge is -2.36. The van der Waals surface area contributed by atoms with Crippen molar-refractivity contribution in [1.29, 1.82) is 0 Å². The number of hydrogen-bond donors (Lipinski definition) is 2. The topological polar surface area (TPSA) is 64.7 Å². The van der Waals surface area contributed by atoms with Crippen LogP contribution in [0.1, 0.15) is 42.9 Å². The second-order valence-corrected chi connectivity index (χ2v) is 8.67. The van der Waals surface area contributed by atoms with Crippen LogP contribution in [0.25, 0.3) is 0 Å². The highest BCUT2D eigenvalue weighted by Gasteiger charge is 2.26. The minimum atomic E-state index is -0.862. The quantitative estimate of drug-likeness (QED) is 0.702. The number of benzene rings is 2. The summed E-state index contributed by atoms with van der Waals surface area (Å²) in [5, 5.41) is 5.14. The molecule has 32 heavy (non-hydrogen) atoms. The first kappa shape index (κ1) is 22.3. The molecule has 0 aromatic heterocycles. The van der Waals surface area contributed by atoms with Gasteiger partial charge in [-0.05, 0) is 68.1 Å². The fourth-order valence-electron chi connectivity index (χ4n) is 4.71. The number of rotatable bonds is 5. The van der Waals surface area contributed by atoms with Gasteiger partial charge in [0.1, 0.15) is 5.82 Å². The number of amides is 2. The van der Waals surface area contributed by atoms with Gasteiger partial charge in [-0.25, -0.2) is 4.39 Å². The molecule has 2 aliphatic heterocycles. The Morgan fingerprint density at radius 2 is 1.78 bits per heavy atom. The van der Waals surface area contributed by atoms with Crippen LogP contribution >= 0.6 is 0 Å². The van der Waals surface area contributed by atoms with Crippen molar-refractivity contribution in [3.05, 3.63) is 59.4 Å². The molecule has 2 N–H and O–H groups in total. The number of para-hydroxylation sites is 1. The molecule has 2 aliphatic rings. The summed E-state index contributed by atoms with van der Waals surface area (Å²) in [5.41, 5.74) is 3.77. The number of anilines is 2. The summed E-state index contributed by atoms with van der Waals surface area (Å²) in [5.74, 6) is -2.19. The highest BCUT2D eigenvalue weighted by molar-refractivity contribution is 6.39. The Hall–Kier alpha value is -2.93. The molecule has 6 nitrogen and oxygen atoms in total. The van der Waals surface area contributed by atoms with Crippen LogP contribution in [0.5, 0.6) is 0 Å². The van der Waals surface area contributed by atoms with E-state index in [0.29, 0.717) is 6.54 Å². The molecule has 7 heteroatoms. The molecule has 2 heterocycles. The number of nitrogens with one attached hydrogen (secondary N) is 2. The van der Waals surface area contributed by atoms with Crippen molar-refractivity contribution in [2.45, 2.75) is 38.1 Å². The van der Waals surface area contributed by atoms with E-state index in [1.165, 1.54) is 35.9 Å². The Morgan fingerprint density at radius 3 is 2.56 bits per heavy atom. The third-order valence-corrected chi connectivity index (χ3v) is 6.45. The van der Waals surface area contributed by atoms with Gasteiger partial charge in [0.05, 0.1) is 11.7 Å². The number of aryl methyl sites for hydroxylation is 1. The van der Waals surface area contributed by atoms with E-state index in [1.807, 2.05) is 0 Å². The molecule has 2 aromatic rings. The van der Waals surface area contributed by atoms with Crippen LogP contribution in [0.15, 0.2) is 42.5 Å². The normalized spacial score (nSPS) is 17.4. The molecular weight excluding hydrogens is 407 g/mol. The zero-order valence-electron chi connectivity index (χ0n) is 18.6. The molecule has 1 atom stereocenters. The van der Waals surface area contributed by atoms with Crippen LogP contribution in [-0.2, 0) is 16.0 Å². The van der Waals surface area contributed by atoms with Crippen molar-refractivity contribution in [3.8, 4) is 0 Å². The van der Waals surface area contributed by atoms with Gasteiger partial charge in [-0.2, -0.15) is 0 Å². The second kappa shape index (κ2) is 10.1. The van der Waals surface area contributed by atoms with Crippen LogP contribution in [0.4, 0.5) is 15.8 Å². The average molecular weight is 439 g/mol. The molecule has 1 saturated heterocycles. The highest BCUT2D eigenvalue weighted by Crippen LogP contribution is 2.31. The van der Waals surface area contributed by atoms with Gasteiger partial charge >= 0.3 is 11.8 Å². The smallest absolute Gasteiger partial charge is 0.313 e. The number of carbonyl (C=O) groups excluding carboxylic acids is 2. The maximum absolute atomic E-state index is 13.8. The molecule has 0 spiro atoms. The number of nitrogens with zero attached hydrogens (tertiary/aromatic N) is 2. The van der Waals surface area contributed by atoms with E-state index in [4.69, 9.17) is 0 Å². The summed E-state index contributed by atoms with van der Waals surface area (Å²) in [6.07, 6.45) is 5.67. The van der Waals surface area contributed by atoms with Crippen LogP contribution in [-0.4, -0.2) is 49.9 Å². The van der Waals surface area contributed by atoms with Gasteiger partial charge in [-0.3, -0.25) is 14.5 Å². The Kier molecular flexibility index (Phi) is 7.05. The molecule has 2 amide bonds. The molecule has 0 bridgehead atoms. The van der Waals surface area contributed by atoms with Crippen LogP contribution in [0.2, 0.25) is 0 Å². The Balaban J connectivity index is 1.47. The fraction of sp³-hybridized carbons (Fsp3) is 0.440. The van der Waals surface area contributed by atoms with Gasteiger partial charge in [-0.1, -0.05) is 30.7 Å². The van der Waals surface area contributed by atoms with Crippen LogP contribution in [0, 0.1) is 5.82 Å². The van der Waals surface area contributed by atoms with Gasteiger partial charge in [-0.15, -0.1) is 0 Å². The molecule has 0 saturated carbocycles. The first-order valence-corrected chi connectivity index (χ1v) is 11.4. The summed E-state index contributed by atoms with van der Waals surface area (Å²) in [6, 6.07) is 12.4. The van der Waals surface area contributed by atoms with Crippen molar-refractivity contribution in [1.82, 2.24) is 10.2 Å². The minimum Gasteiger partial charge on any atom is -0.374 e. The lowest BCUT2D eigenvalue weighted by Crippen LogP contribution is -2.43. The second-order valence-electron chi connectivity index (χ2n) is 8.67. The van der Waals surface area contributed by atoms with E-state index >= 15 is 0 Å². The summed E-state index contributed by atoms with van der Waals surface area (Å²) in [4.78, 5) is 29.5. The number of likely N-dealkylation sites (tertiary alicyclic amines) is 1. The largest absolute Gasteiger partial charge is 0.374 e. The number of carbonyl (C=O) groups is 2. The molecule has 0 radical (unpaired) electrons. The van der Waals surface area contributed by atoms with Gasteiger partial charge < -0.3 is 15.5 Å². The Labute approximate surface area is 188 Å². The Bertz CT molecular complexity index is 974. The average Bonchev–Trinajstić information content (AvgIpc) is 2.81. The predicted molar refractivity (Wildman–Crippen MR) is 124 cm³/mol. The lowest BCUT2D eigenvalue weighted by molar-refractivity contribution is -0.136. The van der Waals surface area contributed by atoms with E-state index in [0.717, 1.165) is 50.9 Å². The number of fused-ring (bicyclic) bond motifs is 1. The minimum absolute atomic E-state index is 0.000891.